The zero-order valence-electron chi connectivity index (χ0n) is 11.1. The third kappa shape index (κ3) is 3.20. The van der Waals surface area contributed by atoms with Gasteiger partial charge >= 0.3 is 5.97 Å². The smallest absolute Gasteiger partial charge is 0.357 e. The molecule has 6 heteroatoms. The number of esters is 1. The fraction of sp³-hybridized carbons (Fsp3) is 0.583. The average molecular weight is 267 g/mol. The molecule has 1 aromatic heterocycles. The number of ether oxygens (including phenoxy) is 1. The molecule has 0 saturated heterocycles. The van der Waals surface area contributed by atoms with Crippen LogP contribution in [0.1, 0.15) is 29.2 Å². The summed E-state index contributed by atoms with van der Waals surface area (Å²) in [6, 6.07) is 2.20. The van der Waals surface area contributed by atoms with Crippen molar-refractivity contribution in [2.24, 2.45) is 5.92 Å². The maximum Gasteiger partial charge on any atom is 0.357 e. The largest absolute Gasteiger partial charge is 0.464 e. The van der Waals surface area contributed by atoms with Gasteiger partial charge < -0.3 is 9.64 Å². The summed E-state index contributed by atoms with van der Waals surface area (Å²) in [6.45, 7) is 7.07. The molecule has 1 heterocycles. The van der Waals surface area contributed by atoms with Crippen molar-refractivity contribution < 1.29 is 9.53 Å². The Hall–Kier alpha value is -1.61. The minimum atomic E-state index is -0.417. The normalized spacial score (nSPS) is 11.7. The van der Waals surface area contributed by atoms with Crippen LogP contribution in [0.25, 0.3) is 0 Å². The first-order valence-electron chi connectivity index (χ1n) is 5.73. The quantitative estimate of drug-likeness (QED) is 0.765. The Morgan fingerprint density at radius 2 is 2.33 bits per heavy atom. The summed E-state index contributed by atoms with van der Waals surface area (Å²) < 4.78 is 4.68. The standard InChI is InChI=1S/C12H17N3O2S/c1-5-15(7-8(2)6-13)12-14-10(9(3)18-12)11(16)17-4/h8H,5,7H2,1-4H3. The summed E-state index contributed by atoms with van der Waals surface area (Å²) in [7, 11) is 1.34. The molecular weight excluding hydrogens is 250 g/mol. The van der Waals surface area contributed by atoms with Gasteiger partial charge in [0, 0.05) is 18.0 Å². The van der Waals surface area contributed by atoms with Crippen LogP contribution in [0, 0.1) is 24.2 Å². The van der Waals surface area contributed by atoms with E-state index in [0.29, 0.717) is 12.2 Å². The Morgan fingerprint density at radius 3 is 2.83 bits per heavy atom. The first kappa shape index (κ1) is 14.5. The van der Waals surface area contributed by atoms with Crippen molar-refractivity contribution in [3.8, 4) is 6.07 Å². The lowest BCUT2D eigenvalue weighted by molar-refractivity contribution is 0.0594. The van der Waals surface area contributed by atoms with Crippen LogP contribution in [0.15, 0.2) is 0 Å². The van der Waals surface area contributed by atoms with E-state index >= 15 is 0 Å². The topological polar surface area (TPSA) is 66.2 Å². The zero-order valence-corrected chi connectivity index (χ0v) is 11.9. The molecule has 0 radical (unpaired) electrons. The van der Waals surface area contributed by atoms with Gasteiger partial charge in [-0.3, -0.25) is 0 Å². The van der Waals surface area contributed by atoms with Crippen LogP contribution in [0.2, 0.25) is 0 Å². The van der Waals surface area contributed by atoms with Crippen LogP contribution < -0.4 is 4.90 Å². The fourth-order valence-electron chi connectivity index (χ4n) is 1.52. The number of thiazole rings is 1. The third-order valence-corrected chi connectivity index (χ3v) is 3.56. The van der Waals surface area contributed by atoms with Crippen molar-refractivity contribution in [2.45, 2.75) is 20.8 Å². The highest BCUT2D eigenvalue weighted by molar-refractivity contribution is 7.15. The average Bonchev–Trinajstić information content (AvgIpc) is 2.76. The molecule has 1 aromatic rings. The van der Waals surface area contributed by atoms with E-state index in [1.807, 2.05) is 25.7 Å². The number of nitriles is 1. The summed E-state index contributed by atoms with van der Waals surface area (Å²) in [5.74, 6) is -0.491. The lowest BCUT2D eigenvalue weighted by Crippen LogP contribution is -2.27. The number of anilines is 1. The lowest BCUT2D eigenvalue weighted by atomic mass is 10.2. The Bertz CT molecular complexity index is 464. The van der Waals surface area contributed by atoms with E-state index in [1.54, 1.807) is 0 Å². The van der Waals surface area contributed by atoms with E-state index in [1.165, 1.54) is 18.4 Å². The summed E-state index contributed by atoms with van der Waals surface area (Å²) in [5.41, 5.74) is 0.362. The van der Waals surface area contributed by atoms with Crippen molar-refractivity contribution in [1.29, 1.82) is 5.26 Å². The molecule has 0 aromatic carbocycles. The van der Waals surface area contributed by atoms with Crippen molar-refractivity contribution in [3.05, 3.63) is 10.6 Å². The van der Waals surface area contributed by atoms with Crippen LogP contribution in [0.5, 0.6) is 0 Å². The SMILES string of the molecule is CCN(CC(C)C#N)c1nc(C(=O)OC)c(C)s1. The summed E-state index contributed by atoms with van der Waals surface area (Å²) in [6.07, 6.45) is 0. The van der Waals surface area contributed by atoms with Crippen molar-refractivity contribution >= 4 is 22.4 Å². The molecule has 98 valence electrons. The summed E-state index contributed by atoms with van der Waals surface area (Å²) in [4.78, 5) is 18.6. The van der Waals surface area contributed by atoms with Crippen molar-refractivity contribution in [3.63, 3.8) is 0 Å². The second-order valence-corrected chi connectivity index (χ2v) is 5.14. The molecule has 1 rings (SSSR count). The minimum Gasteiger partial charge on any atom is -0.464 e. The molecule has 0 aliphatic carbocycles. The maximum atomic E-state index is 11.5. The molecule has 18 heavy (non-hydrogen) atoms. The molecule has 0 amide bonds. The molecule has 0 aliphatic heterocycles. The molecule has 0 N–H and O–H groups in total. The van der Waals surface area contributed by atoms with Crippen LogP contribution in [-0.4, -0.2) is 31.2 Å². The van der Waals surface area contributed by atoms with Gasteiger partial charge in [0.2, 0.25) is 0 Å². The Labute approximate surface area is 111 Å². The second kappa shape index (κ2) is 6.36. The Morgan fingerprint density at radius 1 is 1.67 bits per heavy atom. The van der Waals surface area contributed by atoms with Crippen LogP contribution in [-0.2, 0) is 4.74 Å². The number of hydrogen-bond acceptors (Lipinski definition) is 6. The molecule has 1 atom stereocenters. The summed E-state index contributed by atoms with van der Waals surface area (Å²) in [5, 5.41) is 9.61. The number of carbonyl (C=O) groups is 1. The Balaban J connectivity index is 2.95. The number of nitrogens with zero attached hydrogens (tertiary/aromatic N) is 3. The van der Waals surface area contributed by atoms with Gasteiger partial charge in [0.1, 0.15) is 0 Å². The number of methoxy groups -OCH3 is 1. The van der Waals surface area contributed by atoms with Gasteiger partial charge in [-0.05, 0) is 20.8 Å². The predicted octanol–water partition coefficient (Wildman–Crippen LogP) is 2.22. The van der Waals surface area contributed by atoms with Crippen molar-refractivity contribution in [2.75, 3.05) is 25.1 Å². The first-order chi connectivity index (χ1) is 8.53. The highest BCUT2D eigenvalue weighted by Gasteiger charge is 2.19. The lowest BCUT2D eigenvalue weighted by Gasteiger charge is -2.20. The highest BCUT2D eigenvalue weighted by Crippen LogP contribution is 2.26. The van der Waals surface area contributed by atoms with Crippen molar-refractivity contribution in [1.82, 2.24) is 4.98 Å². The minimum absolute atomic E-state index is 0.0734. The number of carbonyl (C=O) groups excluding carboxylic acids is 1. The number of rotatable bonds is 5. The van der Waals surface area contributed by atoms with Gasteiger partial charge in [-0.2, -0.15) is 5.26 Å². The van der Waals surface area contributed by atoms with Gasteiger partial charge in [-0.25, -0.2) is 9.78 Å². The van der Waals surface area contributed by atoms with Crippen LogP contribution in [0.3, 0.4) is 0 Å². The van der Waals surface area contributed by atoms with E-state index in [0.717, 1.165) is 16.6 Å². The number of hydrogen-bond donors (Lipinski definition) is 0. The van der Waals surface area contributed by atoms with E-state index in [4.69, 9.17) is 5.26 Å². The molecule has 0 spiro atoms. The summed E-state index contributed by atoms with van der Waals surface area (Å²) >= 11 is 1.45. The van der Waals surface area contributed by atoms with Gasteiger partial charge in [-0.1, -0.05) is 0 Å². The molecule has 5 nitrogen and oxygen atoms in total. The van der Waals surface area contributed by atoms with Gasteiger partial charge in [0.25, 0.3) is 0 Å². The fourth-order valence-corrected chi connectivity index (χ4v) is 2.49. The van der Waals surface area contributed by atoms with E-state index in [9.17, 15) is 4.79 Å². The first-order valence-corrected chi connectivity index (χ1v) is 6.55. The van der Waals surface area contributed by atoms with Crippen LogP contribution >= 0.6 is 11.3 Å². The Kier molecular flexibility index (Phi) is 5.10. The maximum absolute atomic E-state index is 11.5. The molecular formula is C12H17N3O2S. The third-order valence-electron chi connectivity index (χ3n) is 2.53. The van der Waals surface area contributed by atoms with E-state index < -0.39 is 5.97 Å². The zero-order chi connectivity index (χ0) is 13.7. The monoisotopic (exact) mass is 267 g/mol. The molecule has 0 aliphatic rings. The van der Waals surface area contributed by atoms with Gasteiger partial charge in [0.15, 0.2) is 10.8 Å². The molecule has 0 bridgehead atoms. The van der Waals surface area contributed by atoms with Gasteiger partial charge in [0.05, 0.1) is 19.1 Å². The van der Waals surface area contributed by atoms with Gasteiger partial charge in [-0.15, -0.1) is 11.3 Å². The van der Waals surface area contributed by atoms with E-state index in [-0.39, 0.29) is 5.92 Å². The molecule has 1 unspecified atom stereocenters. The molecule has 0 saturated carbocycles. The van der Waals surface area contributed by atoms with E-state index in [2.05, 4.69) is 15.8 Å². The van der Waals surface area contributed by atoms with Crippen LogP contribution in [0.4, 0.5) is 5.13 Å². The number of aryl methyl sites for hydroxylation is 1. The number of aromatic nitrogens is 1. The second-order valence-electron chi connectivity index (χ2n) is 3.96. The predicted molar refractivity (Wildman–Crippen MR) is 70.9 cm³/mol. The molecule has 0 fully saturated rings. The highest BCUT2D eigenvalue weighted by atomic mass is 32.1.